The fraction of sp³-hybridized carbons (Fsp3) is 0.917. The third-order valence-corrected chi connectivity index (χ3v) is 3.26. The van der Waals surface area contributed by atoms with E-state index >= 15 is 0 Å². The van der Waals surface area contributed by atoms with Crippen molar-refractivity contribution in [3.8, 4) is 0 Å². The van der Waals surface area contributed by atoms with E-state index in [2.05, 4.69) is 10.1 Å². The highest BCUT2D eigenvalue weighted by atomic mass is 19.4. The van der Waals surface area contributed by atoms with Gasteiger partial charge in [0.25, 0.3) is 0 Å². The minimum absolute atomic E-state index is 0.127. The average Bonchev–Trinajstić information content (AvgIpc) is 2.35. The van der Waals surface area contributed by atoms with Crippen molar-refractivity contribution in [3.63, 3.8) is 0 Å². The smallest absolute Gasteiger partial charge is 0.394 e. The number of carbonyl (C=O) groups excluding carboxylic acids is 1. The van der Waals surface area contributed by atoms with Gasteiger partial charge >= 0.3 is 6.18 Å². The fourth-order valence-corrected chi connectivity index (χ4v) is 2.26. The number of halogens is 3. The standard InChI is InChI=1S/C12H20F3NO3/c13-12(14,15)9-19-7-4-10(18)16-11(8-17)5-2-1-3-6-11/h17H,1-9H2,(H,16,18). The normalized spacial score (nSPS) is 19.2. The highest BCUT2D eigenvalue weighted by Crippen LogP contribution is 2.27. The Morgan fingerprint density at radius 2 is 1.89 bits per heavy atom. The van der Waals surface area contributed by atoms with E-state index in [9.17, 15) is 23.1 Å². The van der Waals surface area contributed by atoms with Gasteiger partial charge in [0.15, 0.2) is 0 Å². The van der Waals surface area contributed by atoms with Gasteiger partial charge in [0.05, 0.1) is 18.8 Å². The summed E-state index contributed by atoms with van der Waals surface area (Å²) in [6.07, 6.45) is -0.134. The molecule has 0 unspecified atom stereocenters. The first-order valence-electron chi connectivity index (χ1n) is 6.43. The molecule has 0 bridgehead atoms. The highest BCUT2D eigenvalue weighted by molar-refractivity contribution is 5.76. The second kappa shape index (κ2) is 7.09. The maximum atomic E-state index is 11.8. The van der Waals surface area contributed by atoms with Gasteiger partial charge in [-0.15, -0.1) is 0 Å². The van der Waals surface area contributed by atoms with Crippen LogP contribution in [0.15, 0.2) is 0 Å². The molecule has 1 amide bonds. The van der Waals surface area contributed by atoms with Crippen LogP contribution in [0.25, 0.3) is 0 Å². The van der Waals surface area contributed by atoms with Crippen LogP contribution in [-0.4, -0.2) is 42.5 Å². The summed E-state index contributed by atoms with van der Waals surface area (Å²) in [7, 11) is 0. The minimum atomic E-state index is -4.37. The number of aliphatic hydroxyl groups is 1. The van der Waals surface area contributed by atoms with Crippen molar-refractivity contribution < 1.29 is 27.8 Å². The van der Waals surface area contributed by atoms with Gasteiger partial charge in [-0.3, -0.25) is 4.79 Å². The third kappa shape index (κ3) is 6.24. The lowest BCUT2D eigenvalue weighted by molar-refractivity contribution is -0.174. The molecular weight excluding hydrogens is 263 g/mol. The summed E-state index contributed by atoms with van der Waals surface area (Å²) in [6, 6.07) is 0. The molecule has 0 aromatic carbocycles. The van der Waals surface area contributed by atoms with Gasteiger partial charge in [0.1, 0.15) is 6.61 Å². The number of alkyl halides is 3. The van der Waals surface area contributed by atoms with E-state index < -0.39 is 18.3 Å². The number of rotatable bonds is 6. The number of carbonyl (C=O) groups is 1. The van der Waals surface area contributed by atoms with E-state index in [1.807, 2.05) is 0 Å². The van der Waals surface area contributed by atoms with E-state index in [0.29, 0.717) is 12.8 Å². The molecule has 0 aromatic heterocycles. The van der Waals surface area contributed by atoms with Crippen molar-refractivity contribution in [3.05, 3.63) is 0 Å². The third-order valence-electron chi connectivity index (χ3n) is 3.26. The largest absolute Gasteiger partial charge is 0.411 e. The van der Waals surface area contributed by atoms with Crippen LogP contribution in [0.4, 0.5) is 13.2 Å². The Bertz CT molecular complexity index is 288. The van der Waals surface area contributed by atoms with Crippen molar-refractivity contribution in [2.24, 2.45) is 0 Å². The average molecular weight is 283 g/mol. The first kappa shape index (κ1) is 16.2. The van der Waals surface area contributed by atoms with Crippen molar-refractivity contribution in [2.75, 3.05) is 19.8 Å². The van der Waals surface area contributed by atoms with Crippen LogP contribution in [-0.2, 0) is 9.53 Å². The minimum Gasteiger partial charge on any atom is -0.394 e. The summed E-state index contributed by atoms with van der Waals surface area (Å²) in [5.41, 5.74) is -0.598. The molecule has 0 radical (unpaired) electrons. The fourth-order valence-electron chi connectivity index (χ4n) is 2.26. The number of nitrogens with one attached hydrogen (secondary N) is 1. The molecule has 1 aliphatic carbocycles. The Morgan fingerprint density at radius 1 is 1.26 bits per heavy atom. The van der Waals surface area contributed by atoms with Crippen LogP contribution in [0.1, 0.15) is 38.5 Å². The summed E-state index contributed by atoms with van der Waals surface area (Å²) >= 11 is 0. The number of amides is 1. The van der Waals surface area contributed by atoms with Crippen LogP contribution in [0.3, 0.4) is 0 Å². The Hall–Kier alpha value is -0.820. The second-order valence-electron chi connectivity index (χ2n) is 4.97. The molecule has 2 N–H and O–H groups in total. The van der Waals surface area contributed by atoms with Gasteiger partial charge in [-0.2, -0.15) is 13.2 Å². The molecule has 0 saturated heterocycles. The number of hydrogen-bond donors (Lipinski definition) is 2. The predicted molar refractivity (Wildman–Crippen MR) is 62.5 cm³/mol. The molecule has 0 atom stereocenters. The number of hydrogen-bond acceptors (Lipinski definition) is 3. The number of aliphatic hydroxyl groups excluding tert-OH is 1. The van der Waals surface area contributed by atoms with Gasteiger partial charge in [-0.05, 0) is 12.8 Å². The molecule has 1 fully saturated rings. The maximum Gasteiger partial charge on any atom is 0.411 e. The van der Waals surface area contributed by atoms with Crippen LogP contribution in [0.2, 0.25) is 0 Å². The molecule has 0 heterocycles. The van der Waals surface area contributed by atoms with E-state index in [0.717, 1.165) is 19.3 Å². The van der Waals surface area contributed by atoms with Crippen molar-refractivity contribution in [1.29, 1.82) is 0 Å². The molecular formula is C12H20F3NO3. The number of ether oxygens (including phenoxy) is 1. The van der Waals surface area contributed by atoms with E-state index in [1.165, 1.54) is 0 Å². The topological polar surface area (TPSA) is 58.6 Å². The van der Waals surface area contributed by atoms with Gasteiger partial charge in [0.2, 0.25) is 5.91 Å². The monoisotopic (exact) mass is 283 g/mol. The van der Waals surface area contributed by atoms with E-state index in [4.69, 9.17) is 0 Å². The molecule has 19 heavy (non-hydrogen) atoms. The molecule has 4 nitrogen and oxygen atoms in total. The van der Waals surface area contributed by atoms with Gasteiger partial charge < -0.3 is 15.2 Å². The Labute approximate surface area is 110 Å². The van der Waals surface area contributed by atoms with Crippen LogP contribution < -0.4 is 5.32 Å². The first-order valence-corrected chi connectivity index (χ1v) is 6.43. The summed E-state index contributed by atoms with van der Waals surface area (Å²) in [5, 5.41) is 12.1. The van der Waals surface area contributed by atoms with Crippen molar-refractivity contribution in [2.45, 2.75) is 50.2 Å². The van der Waals surface area contributed by atoms with Crippen molar-refractivity contribution >= 4 is 5.91 Å². The molecule has 7 heteroatoms. The van der Waals surface area contributed by atoms with Gasteiger partial charge in [-0.25, -0.2) is 0 Å². The van der Waals surface area contributed by atoms with Gasteiger partial charge in [0, 0.05) is 6.42 Å². The summed E-state index contributed by atoms with van der Waals surface area (Å²) in [6.45, 7) is -1.75. The Kier molecular flexibility index (Phi) is 6.06. The van der Waals surface area contributed by atoms with Crippen molar-refractivity contribution in [1.82, 2.24) is 5.32 Å². The van der Waals surface area contributed by atoms with Crippen LogP contribution >= 0.6 is 0 Å². The van der Waals surface area contributed by atoms with E-state index in [-0.39, 0.29) is 25.5 Å². The second-order valence-corrected chi connectivity index (χ2v) is 4.97. The van der Waals surface area contributed by atoms with Crippen LogP contribution in [0, 0.1) is 0 Å². The quantitative estimate of drug-likeness (QED) is 0.730. The van der Waals surface area contributed by atoms with E-state index in [1.54, 1.807) is 0 Å². The molecule has 1 rings (SSSR count). The summed E-state index contributed by atoms with van der Waals surface area (Å²) < 4.78 is 39.8. The van der Waals surface area contributed by atoms with Gasteiger partial charge in [-0.1, -0.05) is 19.3 Å². The predicted octanol–water partition coefficient (Wildman–Crippen LogP) is 1.77. The molecule has 0 spiro atoms. The summed E-state index contributed by atoms with van der Waals surface area (Å²) in [4.78, 5) is 11.6. The lowest BCUT2D eigenvalue weighted by atomic mass is 9.82. The zero-order valence-corrected chi connectivity index (χ0v) is 10.8. The zero-order chi connectivity index (χ0) is 14.4. The lowest BCUT2D eigenvalue weighted by Gasteiger charge is -2.36. The maximum absolute atomic E-state index is 11.8. The first-order chi connectivity index (χ1) is 8.87. The van der Waals surface area contributed by atoms with Crippen LogP contribution in [0.5, 0.6) is 0 Å². The SMILES string of the molecule is O=C(CCOCC(F)(F)F)NC1(CO)CCCCC1. The zero-order valence-electron chi connectivity index (χ0n) is 10.8. The Balaban J connectivity index is 2.26. The lowest BCUT2D eigenvalue weighted by Crippen LogP contribution is -2.52. The summed E-state index contributed by atoms with van der Waals surface area (Å²) in [5.74, 6) is -0.377. The molecule has 0 aromatic rings. The Morgan fingerprint density at radius 3 is 2.42 bits per heavy atom. The molecule has 1 aliphatic rings. The molecule has 112 valence electrons. The molecule has 0 aliphatic heterocycles. The molecule has 1 saturated carbocycles. The highest BCUT2D eigenvalue weighted by Gasteiger charge is 2.32.